The molecule has 0 spiro atoms. The van der Waals surface area contributed by atoms with Gasteiger partial charge in [0.15, 0.2) is 5.78 Å². The van der Waals surface area contributed by atoms with Crippen LogP contribution in [0.4, 0.5) is 4.79 Å². The molecule has 126 valence electrons. The summed E-state index contributed by atoms with van der Waals surface area (Å²) >= 11 is 0. The van der Waals surface area contributed by atoms with Gasteiger partial charge in [-0.15, -0.1) is 0 Å². The fourth-order valence-corrected chi connectivity index (χ4v) is 1.99. The molecule has 6 heteroatoms. The van der Waals surface area contributed by atoms with Gasteiger partial charge in [-0.2, -0.15) is 0 Å². The highest BCUT2D eigenvalue weighted by Crippen LogP contribution is 2.11. The number of rotatable bonds is 8. The number of amides is 1. The molecular weight excluding hydrogens is 298 g/mol. The van der Waals surface area contributed by atoms with Crippen LogP contribution in [0.1, 0.15) is 32.3 Å². The molecule has 0 aliphatic rings. The summed E-state index contributed by atoms with van der Waals surface area (Å²) in [6, 6.07) is 8.46. The molecule has 1 amide bonds. The van der Waals surface area contributed by atoms with E-state index in [1.807, 2.05) is 44.2 Å². The molecular formula is C17H23NO5. The van der Waals surface area contributed by atoms with E-state index < -0.39 is 18.1 Å². The molecule has 1 rings (SSSR count). The van der Waals surface area contributed by atoms with Crippen LogP contribution in [0.3, 0.4) is 0 Å². The highest BCUT2D eigenvalue weighted by atomic mass is 16.5. The van der Waals surface area contributed by atoms with Crippen LogP contribution in [-0.4, -0.2) is 31.0 Å². The Labute approximate surface area is 136 Å². The molecule has 1 aromatic carbocycles. The molecule has 0 aliphatic heterocycles. The summed E-state index contributed by atoms with van der Waals surface area (Å²) in [6.07, 6.45) is -0.376. The number of hydrogen-bond donors (Lipinski definition) is 1. The largest absolute Gasteiger partial charge is 0.469 e. The minimum atomic E-state index is -0.776. The number of esters is 1. The van der Waals surface area contributed by atoms with Crippen molar-refractivity contribution in [1.82, 2.24) is 5.32 Å². The zero-order chi connectivity index (χ0) is 17.2. The summed E-state index contributed by atoms with van der Waals surface area (Å²) in [5.41, 5.74) is 0.851. The number of alkyl carbamates (subject to hydrolysis) is 1. The van der Waals surface area contributed by atoms with E-state index in [1.54, 1.807) is 0 Å². The Morgan fingerprint density at radius 2 is 1.83 bits per heavy atom. The summed E-state index contributed by atoms with van der Waals surface area (Å²) in [5.74, 6) is -1.12. The van der Waals surface area contributed by atoms with E-state index in [9.17, 15) is 14.4 Å². The van der Waals surface area contributed by atoms with Crippen LogP contribution in [0.2, 0.25) is 0 Å². The molecule has 0 aromatic heterocycles. The SMILES string of the molecule is CC[C@H](C)[C@@H](NC(=O)OCc1ccccc1)C(=O)CC(=O)OC. The first-order chi connectivity index (χ1) is 11.0. The number of carbonyl (C=O) groups excluding carboxylic acids is 3. The van der Waals surface area contributed by atoms with E-state index in [0.717, 1.165) is 5.56 Å². The Bertz CT molecular complexity index is 529. The maximum Gasteiger partial charge on any atom is 0.408 e. The zero-order valence-electron chi connectivity index (χ0n) is 13.7. The predicted molar refractivity (Wildman–Crippen MR) is 84.6 cm³/mol. The molecule has 0 saturated carbocycles. The second-order valence-corrected chi connectivity index (χ2v) is 5.29. The molecule has 6 nitrogen and oxygen atoms in total. The first kappa shape index (κ1) is 18.7. The van der Waals surface area contributed by atoms with Crippen molar-refractivity contribution in [3.63, 3.8) is 0 Å². The molecule has 0 bridgehead atoms. The second kappa shape index (κ2) is 9.61. The van der Waals surface area contributed by atoms with E-state index in [1.165, 1.54) is 7.11 Å². The number of Topliss-reactive ketones (excluding diaryl/α,β-unsaturated/α-hetero) is 1. The van der Waals surface area contributed by atoms with Gasteiger partial charge >= 0.3 is 12.1 Å². The molecule has 0 radical (unpaired) electrons. The lowest BCUT2D eigenvalue weighted by Crippen LogP contribution is -2.45. The van der Waals surface area contributed by atoms with Crippen molar-refractivity contribution in [3.8, 4) is 0 Å². The van der Waals surface area contributed by atoms with Crippen LogP contribution < -0.4 is 5.32 Å². The summed E-state index contributed by atoms with van der Waals surface area (Å²) < 4.78 is 9.61. The number of ketones is 1. The van der Waals surface area contributed by atoms with Gasteiger partial charge in [0.2, 0.25) is 0 Å². The second-order valence-electron chi connectivity index (χ2n) is 5.29. The smallest absolute Gasteiger partial charge is 0.408 e. The highest BCUT2D eigenvalue weighted by Gasteiger charge is 2.28. The fourth-order valence-electron chi connectivity index (χ4n) is 1.99. The minimum absolute atomic E-state index is 0.114. The first-order valence-electron chi connectivity index (χ1n) is 7.54. The van der Waals surface area contributed by atoms with Crippen molar-refractivity contribution in [3.05, 3.63) is 35.9 Å². The molecule has 23 heavy (non-hydrogen) atoms. The molecule has 0 aliphatic carbocycles. The Hall–Kier alpha value is -2.37. The van der Waals surface area contributed by atoms with Gasteiger partial charge in [-0.1, -0.05) is 50.6 Å². The third-order valence-corrected chi connectivity index (χ3v) is 3.59. The molecule has 2 atom stereocenters. The van der Waals surface area contributed by atoms with E-state index >= 15 is 0 Å². The van der Waals surface area contributed by atoms with Crippen molar-refractivity contribution in [2.45, 2.75) is 39.3 Å². The number of benzene rings is 1. The normalized spacial score (nSPS) is 12.8. The van der Waals surface area contributed by atoms with E-state index in [2.05, 4.69) is 10.1 Å². The van der Waals surface area contributed by atoms with Crippen molar-refractivity contribution in [1.29, 1.82) is 0 Å². The summed E-state index contributed by atoms with van der Waals surface area (Å²) in [6.45, 7) is 3.85. The molecule has 0 saturated heterocycles. The van der Waals surface area contributed by atoms with E-state index in [-0.39, 0.29) is 24.7 Å². The lowest BCUT2D eigenvalue weighted by atomic mass is 9.94. The Morgan fingerprint density at radius 1 is 1.17 bits per heavy atom. The van der Waals surface area contributed by atoms with Crippen LogP contribution in [0.25, 0.3) is 0 Å². The third kappa shape index (κ3) is 6.50. The Kier molecular flexibility index (Phi) is 7.80. The van der Waals surface area contributed by atoms with Crippen LogP contribution in [-0.2, 0) is 25.7 Å². The summed E-state index contributed by atoms with van der Waals surface area (Å²) in [7, 11) is 1.22. The number of hydrogen-bond acceptors (Lipinski definition) is 5. The van der Waals surface area contributed by atoms with Crippen LogP contribution >= 0.6 is 0 Å². The summed E-state index contributed by atoms with van der Waals surface area (Å²) in [4.78, 5) is 35.3. The average molecular weight is 321 g/mol. The van der Waals surface area contributed by atoms with Gasteiger partial charge in [0.1, 0.15) is 13.0 Å². The molecule has 1 aromatic rings. The monoisotopic (exact) mass is 321 g/mol. The van der Waals surface area contributed by atoms with Crippen molar-refractivity contribution >= 4 is 17.8 Å². The van der Waals surface area contributed by atoms with Gasteiger partial charge in [-0.25, -0.2) is 4.79 Å². The van der Waals surface area contributed by atoms with Crippen LogP contribution in [0, 0.1) is 5.92 Å². The van der Waals surface area contributed by atoms with Crippen LogP contribution in [0.5, 0.6) is 0 Å². The van der Waals surface area contributed by atoms with Gasteiger partial charge in [0.25, 0.3) is 0 Å². The topological polar surface area (TPSA) is 81.7 Å². The number of carbonyl (C=O) groups is 3. The standard InChI is InChI=1S/C17H23NO5/c1-4-12(2)16(14(19)10-15(20)22-3)18-17(21)23-11-13-8-6-5-7-9-13/h5-9,12,16H,4,10-11H2,1-3H3,(H,18,21)/t12-,16+/m0/s1. The lowest BCUT2D eigenvalue weighted by molar-refractivity contribution is -0.144. The van der Waals surface area contributed by atoms with E-state index in [0.29, 0.717) is 6.42 Å². The van der Waals surface area contributed by atoms with Crippen molar-refractivity contribution in [2.75, 3.05) is 7.11 Å². The third-order valence-electron chi connectivity index (χ3n) is 3.59. The molecule has 1 N–H and O–H groups in total. The van der Waals surface area contributed by atoms with E-state index in [4.69, 9.17) is 4.74 Å². The van der Waals surface area contributed by atoms with Gasteiger partial charge in [0.05, 0.1) is 13.2 Å². The molecule has 0 fully saturated rings. The zero-order valence-corrected chi connectivity index (χ0v) is 13.7. The first-order valence-corrected chi connectivity index (χ1v) is 7.54. The highest BCUT2D eigenvalue weighted by molar-refractivity contribution is 5.99. The maximum atomic E-state index is 12.2. The predicted octanol–water partition coefficient (Wildman–Crippen LogP) is 2.46. The number of ether oxygens (including phenoxy) is 2. The number of nitrogens with one attached hydrogen (secondary N) is 1. The van der Waals surface area contributed by atoms with Gasteiger partial charge in [-0.3, -0.25) is 9.59 Å². The van der Waals surface area contributed by atoms with Gasteiger partial charge in [-0.05, 0) is 11.5 Å². The average Bonchev–Trinajstić information content (AvgIpc) is 2.57. The molecule has 0 unspecified atom stereocenters. The Balaban J connectivity index is 2.60. The maximum absolute atomic E-state index is 12.2. The lowest BCUT2D eigenvalue weighted by Gasteiger charge is -2.22. The number of methoxy groups -OCH3 is 1. The van der Waals surface area contributed by atoms with Crippen molar-refractivity contribution < 1.29 is 23.9 Å². The van der Waals surface area contributed by atoms with Crippen molar-refractivity contribution in [2.24, 2.45) is 5.92 Å². The molecule has 0 heterocycles. The van der Waals surface area contributed by atoms with Crippen LogP contribution in [0.15, 0.2) is 30.3 Å². The quantitative estimate of drug-likeness (QED) is 0.587. The Morgan fingerprint density at radius 3 is 2.39 bits per heavy atom. The fraction of sp³-hybridized carbons (Fsp3) is 0.471. The summed E-state index contributed by atoms with van der Waals surface area (Å²) in [5, 5.41) is 2.55. The van der Waals surface area contributed by atoms with Gasteiger partial charge in [0, 0.05) is 0 Å². The minimum Gasteiger partial charge on any atom is -0.469 e. The van der Waals surface area contributed by atoms with Gasteiger partial charge < -0.3 is 14.8 Å².